The monoisotopic (exact) mass is 216 g/mol. The maximum absolute atomic E-state index is 10.3. The minimum absolute atomic E-state index is 0.322. The van der Waals surface area contributed by atoms with Gasteiger partial charge in [-0.05, 0) is 12.1 Å². The van der Waals surface area contributed by atoms with Gasteiger partial charge in [0.05, 0.1) is 7.11 Å². The Labute approximate surface area is 86.0 Å². The molecular weight excluding hydrogens is 208 g/mol. The number of carbonyl (C=O) groups is 1. The van der Waals surface area contributed by atoms with E-state index >= 15 is 0 Å². The van der Waals surface area contributed by atoms with E-state index in [1.54, 1.807) is 12.1 Å². The molecule has 0 heterocycles. The molecule has 0 bridgehead atoms. The highest BCUT2D eigenvalue weighted by Crippen LogP contribution is 2.29. The van der Waals surface area contributed by atoms with E-state index in [0.717, 1.165) is 0 Å². The molecule has 0 atom stereocenters. The lowest BCUT2D eigenvalue weighted by molar-refractivity contribution is -0.139. The molecule has 4 nitrogen and oxygen atoms in total. The molecule has 0 aliphatic carbocycles. The van der Waals surface area contributed by atoms with E-state index < -0.39 is 12.6 Å². The molecule has 0 spiro atoms. The van der Waals surface area contributed by atoms with Crippen LogP contribution in [0.3, 0.4) is 0 Å². The minimum atomic E-state index is -1.05. The number of carboxylic acid groups (broad SMARTS) is 1. The van der Waals surface area contributed by atoms with Crippen LogP contribution in [0.5, 0.6) is 11.5 Å². The summed E-state index contributed by atoms with van der Waals surface area (Å²) >= 11 is 5.71. The van der Waals surface area contributed by atoms with Gasteiger partial charge in [0, 0.05) is 11.1 Å². The summed E-state index contributed by atoms with van der Waals surface area (Å²) in [7, 11) is 1.47. The van der Waals surface area contributed by atoms with Gasteiger partial charge >= 0.3 is 5.97 Å². The predicted octanol–water partition coefficient (Wildman–Crippen LogP) is 1.81. The molecule has 76 valence electrons. The van der Waals surface area contributed by atoms with Crippen LogP contribution in [0.25, 0.3) is 0 Å². The zero-order chi connectivity index (χ0) is 10.6. The Balaban J connectivity index is 2.82. The lowest BCUT2D eigenvalue weighted by atomic mass is 10.3. The first kappa shape index (κ1) is 10.7. The summed E-state index contributed by atoms with van der Waals surface area (Å²) in [6.45, 7) is -0.420. The Bertz CT molecular complexity index is 338. The smallest absolute Gasteiger partial charge is 0.341 e. The maximum Gasteiger partial charge on any atom is 0.341 e. The van der Waals surface area contributed by atoms with Crippen LogP contribution < -0.4 is 9.47 Å². The van der Waals surface area contributed by atoms with Crippen molar-refractivity contribution < 1.29 is 19.4 Å². The second-order valence-electron chi connectivity index (χ2n) is 2.48. The summed E-state index contributed by atoms with van der Waals surface area (Å²) in [5.74, 6) is -0.273. The Morgan fingerprint density at radius 1 is 1.50 bits per heavy atom. The lowest BCUT2D eigenvalue weighted by Gasteiger charge is -2.08. The van der Waals surface area contributed by atoms with Gasteiger partial charge in [-0.3, -0.25) is 0 Å². The first-order valence-corrected chi connectivity index (χ1v) is 4.19. The van der Waals surface area contributed by atoms with E-state index in [2.05, 4.69) is 0 Å². The topological polar surface area (TPSA) is 55.8 Å². The third kappa shape index (κ3) is 2.81. The van der Waals surface area contributed by atoms with Crippen LogP contribution in [0.1, 0.15) is 0 Å². The molecule has 0 saturated carbocycles. The third-order valence-electron chi connectivity index (χ3n) is 1.48. The molecule has 1 aromatic rings. The summed E-state index contributed by atoms with van der Waals surface area (Å²) < 4.78 is 9.92. The number of benzene rings is 1. The number of rotatable bonds is 4. The molecule has 0 saturated heterocycles. The van der Waals surface area contributed by atoms with Crippen molar-refractivity contribution in [3.05, 3.63) is 23.2 Å². The van der Waals surface area contributed by atoms with Crippen LogP contribution in [0.4, 0.5) is 0 Å². The van der Waals surface area contributed by atoms with Gasteiger partial charge in [-0.2, -0.15) is 0 Å². The van der Waals surface area contributed by atoms with Crippen molar-refractivity contribution in [2.24, 2.45) is 0 Å². The van der Waals surface area contributed by atoms with Crippen molar-refractivity contribution in [1.29, 1.82) is 0 Å². The van der Waals surface area contributed by atoms with Crippen molar-refractivity contribution >= 4 is 17.6 Å². The van der Waals surface area contributed by atoms with E-state index in [1.165, 1.54) is 13.2 Å². The summed E-state index contributed by atoms with van der Waals surface area (Å²) in [5, 5.41) is 8.87. The van der Waals surface area contributed by atoms with Gasteiger partial charge in [0.25, 0.3) is 0 Å². The van der Waals surface area contributed by atoms with E-state index in [9.17, 15) is 4.79 Å². The van der Waals surface area contributed by atoms with Crippen molar-refractivity contribution in [2.75, 3.05) is 13.7 Å². The number of methoxy groups -OCH3 is 1. The largest absolute Gasteiger partial charge is 0.493 e. The van der Waals surface area contributed by atoms with E-state index in [-0.39, 0.29) is 0 Å². The van der Waals surface area contributed by atoms with Crippen molar-refractivity contribution in [1.82, 2.24) is 0 Å². The third-order valence-corrected chi connectivity index (χ3v) is 1.71. The van der Waals surface area contributed by atoms with Crippen LogP contribution in [0, 0.1) is 0 Å². The molecule has 14 heavy (non-hydrogen) atoms. The fourth-order valence-electron chi connectivity index (χ4n) is 0.903. The molecule has 0 aromatic heterocycles. The van der Waals surface area contributed by atoms with E-state index in [4.69, 9.17) is 26.2 Å². The first-order valence-electron chi connectivity index (χ1n) is 3.81. The summed E-state index contributed by atoms with van der Waals surface area (Å²) in [4.78, 5) is 10.3. The lowest BCUT2D eigenvalue weighted by Crippen LogP contribution is -2.09. The molecule has 0 unspecified atom stereocenters. The van der Waals surface area contributed by atoms with Gasteiger partial charge < -0.3 is 14.6 Å². The number of ether oxygens (including phenoxy) is 2. The molecule has 0 amide bonds. The average Bonchev–Trinajstić information content (AvgIpc) is 2.15. The Morgan fingerprint density at radius 2 is 2.21 bits per heavy atom. The van der Waals surface area contributed by atoms with E-state index in [1.807, 2.05) is 0 Å². The van der Waals surface area contributed by atoms with Crippen molar-refractivity contribution in [3.8, 4) is 11.5 Å². The van der Waals surface area contributed by atoms with Gasteiger partial charge in [0.1, 0.15) is 0 Å². The van der Waals surface area contributed by atoms with Gasteiger partial charge in [-0.1, -0.05) is 11.6 Å². The van der Waals surface area contributed by atoms with Crippen molar-refractivity contribution in [2.45, 2.75) is 0 Å². The fraction of sp³-hybridized carbons (Fsp3) is 0.222. The van der Waals surface area contributed by atoms with Crippen molar-refractivity contribution in [3.63, 3.8) is 0 Å². The van der Waals surface area contributed by atoms with Crippen LogP contribution in [0.15, 0.2) is 18.2 Å². The number of hydrogen-bond acceptors (Lipinski definition) is 3. The SMILES string of the molecule is COc1ccc(Cl)cc1OCC(=O)O. The Kier molecular flexibility index (Phi) is 3.59. The van der Waals surface area contributed by atoms with Crippen LogP contribution in [0.2, 0.25) is 5.02 Å². The highest BCUT2D eigenvalue weighted by molar-refractivity contribution is 6.30. The molecule has 1 rings (SSSR count). The maximum atomic E-state index is 10.3. The molecular formula is C9H9ClO4. The van der Waals surface area contributed by atoms with Crippen LogP contribution >= 0.6 is 11.6 Å². The summed E-state index contributed by atoms with van der Waals surface area (Å²) in [6, 6.07) is 4.75. The Morgan fingerprint density at radius 3 is 2.79 bits per heavy atom. The summed E-state index contributed by atoms with van der Waals surface area (Å²) in [6.07, 6.45) is 0. The number of hydrogen-bond donors (Lipinski definition) is 1. The highest BCUT2D eigenvalue weighted by atomic mass is 35.5. The highest BCUT2D eigenvalue weighted by Gasteiger charge is 2.06. The standard InChI is InChI=1S/C9H9ClO4/c1-13-7-3-2-6(10)4-8(7)14-5-9(11)12/h2-4H,5H2,1H3,(H,11,12). The van der Waals surface area contributed by atoms with Gasteiger partial charge in [0.2, 0.25) is 0 Å². The van der Waals surface area contributed by atoms with Gasteiger partial charge in [-0.15, -0.1) is 0 Å². The molecule has 0 radical (unpaired) electrons. The van der Waals surface area contributed by atoms with Gasteiger partial charge in [-0.25, -0.2) is 4.79 Å². The molecule has 1 aromatic carbocycles. The molecule has 5 heteroatoms. The summed E-state index contributed by atoms with van der Waals surface area (Å²) in [5.41, 5.74) is 0. The second-order valence-corrected chi connectivity index (χ2v) is 2.91. The Hall–Kier alpha value is -1.42. The quantitative estimate of drug-likeness (QED) is 0.834. The number of aliphatic carboxylic acids is 1. The molecule has 0 fully saturated rings. The van der Waals surface area contributed by atoms with Crippen LogP contribution in [-0.2, 0) is 4.79 Å². The minimum Gasteiger partial charge on any atom is -0.493 e. The molecule has 1 N–H and O–H groups in total. The second kappa shape index (κ2) is 4.72. The molecule has 0 aliphatic heterocycles. The first-order chi connectivity index (χ1) is 6.63. The van der Waals surface area contributed by atoms with E-state index in [0.29, 0.717) is 16.5 Å². The number of halogens is 1. The molecule has 0 aliphatic rings. The zero-order valence-corrected chi connectivity index (χ0v) is 8.25. The van der Waals surface area contributed by atoms with Crippen LogP contribution in [-0.4, -0.2) is 24.8 Å². The average molecular weight is 217 g/mol. The predicted molar refractivity (Wildman–Crippen MR) is 51.1 cm³/mol. The normalized spacial score (nSPS) is 9.57. The number of carboxylic acids is 1. The zero-order valence-electron chi connectivity index (χ0n) is 7.49. The van der Waals surface area contributed by atoms with Gasteiger partial charge in [0.15, 0.2) is 18.1 Å². The fourth-order valence-corrected chi connectivity index (χ4v) is 1.06.